The van der Waals surface area contributed by atoms with Gasteiger partial charge in [-0.05, 0) is 26.0 Å². The number of allylic oxidation sites excluding steroid dienone is 2. The number of aromatic hydroxyl groups is 1. The second kappa shape index (κ2) is 7.39. The smallest absolute Gasteiger partial charge is 0.198 e. The van der Waals surface area contributed by atoms with Gasteiger partial charge in [0.25, 0.3) is 0 Å². The molecule has 0 aromatic heterocycles. The van der Waals surface area contributed by atoms with Gasteiger partial charge in [-0.1, -0.05) is 12.1 Å². The summed E-state index contributed by atoms with van der Waals surface area (Å²) in [6, 6.07) is 2.60. The van der Waals surface area contributed by atoms with Crippen LogP contribution in [0.15, 0.2) is 35.4 Å². The van der Waals surface area contributed by atoms with E-state index in [4.69, 9.17) is 4.74 Å². The highest BCUT2D eigenvalue weighted by Crippen LogP contribution is 2.51. The first kappa shape index (κ1) is 24.0. The van der Waals surface area contributed by atoms with Crippen molar-refractivity contribution in [2.24, 2.45) is 0 Å². The maximum atomic E-state index is 13.5. The summed E-state index contributed by atoms with van der Waals surface area (Å²) in [4.78, 5) is 40.0. The highest BCUT2D eigenvalue weighted by molar-refractivity contribution is 6.31. The third kappa shape index (κ3) is 3.15. The summed E-state index contributed by atoms with van der Waals surface area (Å²) in [7, 11) is 0. The minimum absolute atomic E-state index is 0.0605. The predicted molar refractivity (Wildman–Crippen MR) is 118 cm³/mol. The molecule has 4 aliphatic rings. The molecule has 3 aliphatic carbocycles. The molecule has 0 unspecified atom stereocenters. The van der Waals surface area contributed by atoms with Crippen LogP contribution in [0.5, 0.6) is 5.75 Å². The molecule has 10 heteroatoms. The van der Waals surface area contributed by atoms with E-state index in [9.17, 15) is 45.0 Å². The van der Waals surface area contributed by atoms with Crippen LogP contribution in [0.3, 0.4) is 0 Å². The molecule has 0 spiro atoms. The summed E-state index contributed by atoms with van der Waals surface area (Å²) in [6.45, 7) is 2.88. The number of ketones is 3. The van der Waals surface area contributed by atoms with E-state index >= 15 is 0 Å². The summed E-state index contributed by atoms with van der Waals surface area (Å²) in [5, 5.41) is 64.1. The molecule has 2 fully saturated rings. The Morgan fingerprint density at radius 2 is 1.74 bits per heavy atom. The van der Waals surface area contributed by atoms with Crippen LogP contribution in [-0.2, 0) is 9.53 Å². The fourth-order valence-electron chi connectivity index (χ4n) is 5.82. The van der Waals surface area contributed by atoms with Gasteiger partial charge in [-0.3, -0.25) is 14.4 Å². The number of carbonyl (C=O) groups excluding carboxylic acids is 3. The largest absolute Gasteiger partial charge is 0.507 e. The van der Waals surface area contributed by atoms with Gasteiger partial charge in [-0.15, -0.1) is 0 Å². The van der Waals surface area contributed by atoms with Gasteiger partial charge in [0.2, 0.25) is 0 Å². The Morgan fingerprint density at radius 1 is 1.06 bits per heavy atom. The van der Waals surface area contributed by atoms with Crippen LogP contribution in [0, 0.1) is 0 Å². The Hall–Kier alpha value is -2.73. The molecule has 1 saturated heterocycles. The predicted octanol–water partition coefficient (Wildman–Crippen LogP) is -0.215. The number of Topliss-reactive ketones (excluding diaryl/α,β-unsaturated/α-hetero) is 3. The van der Waals surface area contributed by atoms with Gasteiger partial charge in [0, 0.05) is 36.0 Å². The van der Waals surface area contributed by atoms with Crippen molar-refractivity contribution in [2.45, 2.75) is 74.3 Å². The summed E-state index contributed by atoms with van der Waals surface area (Å²) in [6.07, 6.45) is -2.78. The van der Waals surface area contributed by atoms with Crippen molar-refractivity contribution >= 4 is 17.3 Å². The summed E-state index contributed by atoms with van der Waals surface area (Å²) < 4.78 is 5.70. The Labute approximate surface area is 199 Å². The van der Waals surface area contributed by atoms with Crippen molar-refractivity contribution in [1.82, 2.24) is 0 Å². The molecular weight excluding hydrogens is 460 g/mol. The standard InChI is InChI=1S/C25H26O10/c1-10-19(28)14(26)7-15(35-10)11-3-4-12-17(20(11)29)21(30)13-5-6-24(33)9-23(2,32)8-16(27)25(24,34)18(13)22(12)31/h3-6,10,14-15,19,26,28-29,32-34H,7-9H2,1-2H3/t10-,14-,15-,19+,23-,24-,25-/m1/s1. The third-order valence-electron chi connectivity index (χ3n) is 7.59. The molecule has 35 heavy (non-hydrogen) atoms. The lowest BCUT2D eigenvalue weighted by Gasteiger charge is -2.51. The number of aliphatic hydroxyl groups excluding tert-OH is 2. The highest BCUT2D eigenvalue weighted by atomic mass is 16.5. The van der Waals surface area contributed by atoms with E-state index in [1.807, 2.05) is 0 Å². The average Bonchev–Trinajstić information content (AvgIpc) is 2.75. The number of hydrogen-bond donors (Lipinski definition) is 6. The Balaban J connectivity index is 1.62. The fraction of sp³-hybridized carbons (Fsp3) is 0.480. The van der Waals surface area contributed by atoms with E-state index in [0.29, 0.717) is 0 Å². The molecule has 1 aliphatic heterocycles. The van der Waals surface area contributed by atoms with Crippen LogP contribution in [0.1, 0.15) is 65.5 Å². The maximum absolute atomic E-state index is 13.5. The molecule has 6 N–H and O–H groups in total. The zero-order chi connectivity index (χ0) is 25.7. The molecule has 7 atom stereocenters. The van der Waals surface area contributed by atoms with Crippen LogP contribution >= 0.6 is 0 Å². The normalized spacial score (nSPS) is 40.9. The summed E-state index contributed by atoms with van der Waals surface area (Å²) in [5.41, 5.74) is -8.12. The van der Waals surface area contributed by atoms with E-state index in [1.165, 1.54) is 19.1 Å². The maximum Gasteiger partial charge on any atom is 0.198 e. The van der Waals surface area contributed by atoms with Crippen molar-refractivity contribution in [3.63, 3.8) is 0 Å². The number of phenolic OH excluding ortho intramolecular Hbond substituents is 1. The van der Waals surface area contributed by atoms with Crippen molar-refractivity contribution < 1.29 is 49.8 Å². The minimum atomic E-state index is -2.75. The van der Waals surface area contributed by atoms with Crippen LogP contribution in [0.25, 0.3) is 0 Å². The number of carbonyl (C=O) groups is 3. The molecule has 1 heterocycles. The van der Waals surface area contributed by atoms with Gasteiger partial charge in [-0.25, -0.2) is 0 Å². The van der Waals surface area contributed by atoms with Gasteiger partial charge in [0.05, 0.1) is 35.0 Å². The number of ether oxygens (including phenoxy) is 1. The fourth-order valence-corrected chi connectivity index (χ4v) is 5.82. The molecule has 1 aromatic rings. The highest BCUT2D eigenvalue weighted by Gasteiger charge is 2.66. The molecule has 1 saturated carbocycles. The number of benzene rings is 1. The van der Waals surface area contributed by atoms with E-state index in [0.717, 1.165) is 12.2 Å². The van der Waals surface area contributed by atoms with Crippen LogP contribution in [0.2, 0.25) is 0 Å². The summed E-state index contributed by atoms with van der Waals surface area (Å²) >= 11 is 0. The third-order valence-corrected chi connectivity index (χ3v) is 7.59. The van der Waals surface area contributed by atoms with Crippen LogP contribution in [0.4, 0.5) is 0 Å². The van der Waals surface area contributed by atoms with Crippen LogP contribution < -0.4 is 0 Å². The number of hydrogen-bond acceptors (Lipinski definition) is 10. The summed E-state index contributed by atoms with van der Waals surface area (Å²) in [5.74, 6) is -3.30. The molecule has 5 rings (SSSR count). The molecule has 0 bridgehead atoms. The molecule has 186 valence electrons. The average molecular weight is 486 g/mol. The molecule has 0 radical (unpaired) electrons. The van der Waals surface area contributed by atoms with Gasteiger partial charge < -0.3 is 35.4 Å². The second-order valence-electron chi connectivity index (χ2n) is 10.2. The zero-order valence-corrected chi connectivity index (χ0v) is 19.1. The minimum Gasteiger partial charge on any atom is -0.507 e. The van der Waals surface area contributed by atoms with Crippen molar-refractivity contribution in [3.8, 4) is 5.75 Å². The second-order valence-corrected chi connectivity index (χ2v) is 10.2. The van der Waals surface area contributed by atoms with Gasteiger partial charge in [-0.2, -0.15) is 0 Å². The van der Waals surface area contributed by atoms with E-state index < -0.39 is 82.7 Å². The monoisotopic (exact) mass is 486 g/mol. The molecular formula is C25H26O10. The molecule has 10 nitrogen and oxygen atoms in total. The van der Waals surface area contributed by atoms with E-state index in [1.54, 1.807) is 6.92 Å². The Bertz CT molecular complexity index is 1230. The van der Waals surface area contributed by atoms with E-state index in [2.05, 4.69) is 0 Å². The lowest BCUT2D eigenvalue weighted by atomic mass is 9.57. The molecule has 0 amide bonds. The SMILES string of the molecule is C[C@H]1O[C@@H](c2ccc3c(c2O)C(=O)C2=C(C3=O)[C@]3(O)C(=O)C[C@@](C)(O)C[C@]3(O)C=C2)C[C@@H](O)[C@H]1O. The van der Waals surface area contributed by atoms with Crippen molar-refractivity contribution in [1.29, 1.82) is 0 Å². The first-order valence-electron chi connectivity index (χ1n) is 11.3. The number of aliphatic hydroxyl groups is 5. The lowest BCUT2D eigenvalue weighted by Crippen LogP contribution is -2.69. The molecule has 1 aromatic carbocycles. The quantitative estimate of drug-likeness (QED) is 0.311. The van der Waals surface area contributed by atoms with Gasteiger partial charge in [0.1, 0.15) is 17.5 Å². The number of rotatable bonds is 1. The zero-order valence-electron chi connectivity index (χ0n) is 19.1. The van der Waals surface area contributed by atoms with Gasteiger partial charge in [0.15, 0.2) is 23.0 Å². The number of fused-ring (bicyclic) bond motifs is 3. The Kier molecular flexibility index (Phi) is 5.06. The number of phenols is 1. The Morgan fingerprint density at radius 3 is 2.40 bits per heavy atom. The van der Waals surface area contributed by atoms with Crippen molar-refractivity contribution in [2.75, 3.05) is 0 Å². The lowest BCUT2D eigenvalue weighted by molar-refractivity contribution is -0.183. The topological polar surface area (TPSA) is 182 Å². The van der Waals surface area contributed by atoms with E-state index in [-0.39, 0.29) is 28.7 Å². The van der Waals surface area contributed by atoms with Crippen molar-refractivity contribution in [3.05, 3.63) is 52.1 Å². The van der Waals surface area contributed by atoms with Gasteiger partial charge >= 0.3 is 0 Å². The first-order valence-corrected chi connectivity index (χ1v) is 11.3. The van der Waals surface area contributed by atoms with Crippen LogP contribution in [-0.4, -0.2) is 83.1 Å². The first-order chi connectivity index (χ1) is 16.2.